The molecule has 2 N–H and O–H groups in total. The van der Waals surface area contributed by atoms with Gasteiger partial charge in [0, 0.05) is 11.4 Å². The molecule has 9 heteroatoms. The third-order valence-corrected chi connectivity index (χ3v) is 2.45. The Balaban J connectivity index is 2.62. The molecule has 21 heavy (non-hydrogen) atoms. The minimum atomic E-state index is -0.776. The summed E-state index contributed by atoms with van der Waals surface area (Å²) in [6.45, 7) is 5.30. The Bertz CT molecular complexity index is 735. The fraction of sp³-hybridized carbons (Fsp3) is 0.333. The van der Waals surface area contributed by atoms with Gasteiger partial charge in [-0.15, -0.1) is 5.10 Å². The van der Waals surface area contributed by atoms with Gasteiger partial charge >= 0.3 is 11.5 Å². The van der Waals surface area contributed by atoms with Crippen molar-refractivity contribution in [3.05, 3.63) is 33.6 Å². The number of nitrogens with two attached hydrogens (primary N) is 1. The van der Waals surface area contributed by atoms with Crippen LogP contribution in [0.25, 0.3) is 5.95 Å². The lowest BCUT2D eigenvalue weighted by atomic mass is 10.4. The van der Waals surface area contributed by atoms with Crippen molar-refractivity contribution in [3.8, 4) is 5.95 Å². The second-order valence-corrected chi connectivity index (χ2v) is 4.21. The summed E-state index contributed by atoms with van der Waals surface area (Å²) in [5.74, 6) is -1.45. The van der Waals surface area contributed by atoms with Gasteiger partial charge in [-0.1, -0.05) is 0 Å². The molecule has 2 rings (SSSR count). The van der Waals surface area contributed by atoms with Crippen LogP contribution in [-0.2, 0) is 4.74 Å². The molecule has 2 aromatic heterocycles. The molecule has 0 saturated heterocycles. The van der Waals surface area contributed by atoms with E-state index in [-0.39, 0.29) is 24.2 Å². The molecule has 0 aliphatic heterocycles. The maximum atomic E-state index is 12.0. The lowest BCUT2D eigenvalue weighted by Crippen LogP contribution is -2.30. The Morgan fingerprint density at radius 3 is 2.48 bits per heavy atom. The second-order valence-electron chi connectivity index (χ2n) is 4.21. The van der Waals surface area contributed by atoms with Gasteiger partial charge in [0.2, 0.25) is 0 Å². The van der Waals surface area contributed by atoms with Crippen molar-refractivity contribution in [1.29, 1.82) is 0 Å². The molecule has 0 radical (unpaired) electrons. The fourth-order valence-electron chi connectivity index (χ4n) is 1.65. The molecule has 0 saturated carbocycles. The van der Waals surface area contributed by atoms with Crippen LogP contribution in [0.2, 0.25) is 0 Å². The van der Waals surface area contributed by atoms with E-state index in [9.17, 15) is 9.59 Å². The summed E-state index contributed by atoms with van der Waals surface area (Å²) in [4.78, 5) is 35.5. The molecule has 110 valence electrons. The molecule has 2 heterocycles. The third-order valence-electron chi connectivity index (χ3n) is 2.45. The topological polar surface area (TPSA) is 126 Å². The highest BCUT2D eigenvalue weighted by Gasteiger charge is 2.17. The van der Waals surface area contributed by atoms with Crippen LogP contribution >= 0.6 is 0 Å². The first-order valence-electron chi connectivity index (χ1n) is 6.19. The lowest BCUT2D eigenvalue weighted by Gasteiger charge is -2.07. The summed E-state index contributed by atoms with van der Waals surface area (Å²) in [5, 5.41) is 3.82. The molecule has 0 aromatic carbocycles. The summed E-state index contributed by atoms with van der Waals surface area (Å²) in [7, 11) is 0. The molecular weight excluding hydrogens is 276 g/mol. The average Bonchev–Trinajstić information content (AvgIpc) is 2.40. The minimum Gasteiger partial charge on any atom is -0.460 e. The van der Waals surface area contributed by atoms with Gasteiger partial charge in [0.1, 0.15) is 0 Å². The van der Waals surface area contributed by atoms with Gasteiger partial charge < -0.3 is 10.5 Å². The van der Waals surface area contributed by atoms with E-state index in [0.29, 0.717) is 11.4 Å². The molecule has 0 amide bonds. The predicted molar refractivity (Wildman–Crippen MR) is 73.1 cm³/mol. The number of carbonyl (C=O) groups is 1. The summed E-state index contributed by atoms with van der Waals surface area (Å²) >= 11 is 0. The number of esters is 1. The maximum absolute atomic E-state index is 12.0. The largest absolute Gasteiger partial charge is 0.460 e. The molecule has 2 aromatic rings. The number of nitrogen functional groups attached to an aromatic ring is 1. The van der Waals surface area contributed by atoms with E-state index in [0.717, 1.165) is 4.68 Å². The Hall–Kier alpha value is -2.84. The van der Waals surface area contributed by atoms with Crippen LogP contribution in [-0.4, -0.2) is 37.3 Å². The molecule has 9 nitrogen and oxygen atoms in total. The van der Waals surface area contributed by atoms with E-state index >= 15 is 0 Å². The summed E-state index contributed by atoms with van der Waals surface area (Å²) in [5.41, 5.74) is 6.12. The van der Waals surface area contributed by atoms with Crippen LogP contribution in [0.4, 0.5) is 5.82 Å². The highest BCUT2D eigenvalue weighted by Crippen LogP contribution is 2.03. The van der Waals surface area contributed by atoms with E-state index < -0.39 is 11.5 Å². The van der Waals surface area contributed by atoms with Crippen LogP contribution in [0.1, 0.15) is 28.9 Å². The van der Waals surface area contributed by atoms with Crippen molar-refractivity contribution in [2.45, 2.75) is 20.8 Å². The smallest absolute Gasteiger partial charge is 0.378 e. The lowest BCUT2D eigenvalue weighted by molar-refractivity contribution is 0.0509. The number of hydrogen-bond donors (Lipinski definition) is 1. The Morgan fingerprint density at radius 2 is 1.90 bits per heavy atom. The van der Waals surface area contributed by atoms with Gasteiger partial charge in [-0.25, -0.2) is 14.8 Å². The number of hydrogen-bond acceptors (Lipinski definition) is 8. The number of aromatic nitrogens is 5. The van der Waals surface area contributed by atoms with Gasteiger partial charge in [0.15, 0.2) is 5.82 Å². The SMILES string of the molecule is CCOC(=O)c1nc(N)c(=O)n(-c2nc(C)cc(C)n2)n1. The normalized spacial score (nSPS) is 10.4. The van der Waals surface area contributed by atoms with E-state index in [1.54, 1.807) is 26.8 Å². The number of rotatable bonds is 3. The maximum Gasteiger partial charge on any atom is 0.378 e. The molecule has 0 aliphatic rings. The number of carbonyl (C=O) groups excluding carboxylic acids is 1. The van der Waals surface area contributed by atoms with Crippen molar-refractivity contribution < 1.29 is 9.53 Å². The average molecular weight is 290 g/mol. The van der Waals surface area contributed by atoms with E-state index in [2.05, 4.69) is 20.1 Å². The quantitative estimate of drug-likeness (QED) is 0.770. The predicted octanol–water partition coefficient (Wildman–Crippen LogP) is -0.207. The molecule has 0 aliphatic carbocycles. The zero-order valence-electron chi connectivity index (χ0n) is 11.8. The van der Waals surface area contributed by atoms with Crippen LogP contribution in [0, 0.1) is 13.8 Å². The zero-order valence-corrected chi connectivity index (χ0v) is 11.8. The number of ether oxygens (including phenoxy) is 1. The van der Waals surface area contributed by atoms with Crippen LogP contribution in [0.5, 0.6) is 0 Å². The van der Waals surface area contributed by atoms with Crippen molar-refractivity contribution in [1.82, 2.24) is 24.7 Å². The van der Waals surface area contributed by atoms with Crippen molar-refractivity contribution in [3.63, 3.8) is 0 Å². The molecule has 0 spiro atoms. The zero-order chi connectivity index (χ0) is 15.6. The van der Waals surface area contributed by atoms with E-state index in [1.807, 2.05) is 0 Å². The summed E-state index contributed by atoms with van der Waals surface area (Å²) in [6.07, 6.45) is 0. The highest BCUT2D eigenvalue weighted by molar-refractivity contribution is 5.85. The molecular formula is C12H14N6O3. The number of nitrogens with zero attached hydrogens (tertiary/aromatic N) is 5. The fourth-order valence-corrected chi connectivity index (χ4v) is 1.65. The highest BCUT2D eigenvalue weighted by atomic mass is 16.5. The molecule has 0 bridgehead atoms. The number of aryl methyl sites for hydroxylation is 2. The first-order valence-corrected chi connectivity index (χ1v) is 6.19. The van der Waals surface area contributed by atoms with Crippen molar-refractivity contribution in [2.75, 3.05) is 12.3 Å². The third kappa shape index (κ3) is 3.02. The van der Waals surface area contributed by atoms with E-state index in [1.165, 1.54) is 0 Å². The van der Waals surface area contributed by atoms with Crippen molar-refractivity contribution >= 4 is 11.8 Å². The molecule has 0 unspecified atom stereocenters. The Kier molecular flexibility index (Phi) is 3.92. The molecule has 0 atom stereocenters. The monoisotopic (exact) mass is 290 g/mol. The van der Waals surface area contributed by atoms with Gasteiger partial charge in [-0.3, -0.25) is 4.79 Å². The molecule has 0 fully saturated rings. The second kappa shape index (κ2) is 5.65. The Morgan fingerprint density at radius 1 is 1.29 bits per heavy atom. The van der Waals surface area contributed by atoms with Crippen LogP contribution in [0.15, 0.2) is 10.9 Å². The summed E-state index contributed by atoms with van der Waals surface area (Å²) < 4.78 is 5.63. The van der Waals surface area contributed by atoms with Crippen LogP contribution < -0.4 is 11.3 Å². The minimum absolute atomic E-state index is 0.0251. The van der Waals surface area contributed by atoms with E-state index in [4.69, 9.17) is 10.5 Å². The summed E-state index contributed by atoms with van der Waals surface area (Å²) in [6, 6.07) is 1.74. The first kappa shape index (κ1) is 14.6. The first-order chi connectivity index (χ1) is 9.92. The van der Waals surface area contributed by atoms with Gasteiger partial charge in [0.05, 0.1) is 6.61 Å². The standard InChI is InChI=1S/C12H14N6O3/c1-4-21-11(20)9-16-8(13)10(19)18(17-9)12-14-6(2)5-7(3)15-12/h5H,4H2,1-3H3,(H2,13,16,17). The number of anilines is 1. The van der Waals surface area contributed by atoms with Gasteiger partial charge in [0.25, 0.3) is 11.8 Å². The Labute approximate surface area is 119 Å². The van der Waals surface area contributed by atoms with Gasteiger partial charge in [-0.2, -0.15) is 9.67 Å². The van der Waals surface area contributed by atoms with Crippen molar-refractivity contribution in [2.24, 2.45) is 0 Å². The van der Waals surface area contributed by atoms with Gasteiger partial charge in [-0.05, 0) is 26.8 Å². The van der Waals surface area contributed by atoms with Crippen LogP contribution in [0.3, 0.4) is 0 Å².